The molecule has 150 heavy (non-hydrogen) atoms. The predicted molar refractivity (Wildman–Crippen MR) is 619 cm³/mol. The lowest BCUT2D eigenvalue weighted by Crippen LogP contribution is -2.03. The van der Waals surface area contributed by atoms with Crippen molar-refractivity contribution in [3.05, 3.63) is 515 Å². The summed E-state index contributed by atoms with van der Waals surface area (Å²) in [6.07, 6.45) is 0. The summed E-state index contributed by atoms with van der Waals surface area (Å²) in [5.41, 5.74) is 31.3. The van der Waals surface area contributed by atoms with Crippen molar-refractivity contribution in [2.45, 2.75) is 0 Å². The molecule has 9 aromatic heterocycles. The highest BCUT2D eigenvalue weighted by Crippen LogP contribution is 2.48. The van der Waals surface area contributed by atoms with Crippen molar-refractivity contribution in [3.8, 4) is 131 Å². The van der Waals surface area contributed by atoms with Crippen LogP contribution in [-0.4, -0.2) is 52.7 Å². The third-order valence-electron chi connectivity index (χ3n) is 29.1. The van der Waals surface area contributed by atoms with Crippen LogP contribution in [0.5, 0.6) is 0 Å². The largest absolute Gasteiger partial charge is 0.309 e. The molecule has 30 rings (SSSR count). The van der Waals surface area contributed by atoms with Crippen LogP contribution in [0.1, 0.15) is 11.1 Å². The van der Waals surface area contributed by atoms with E-state index in [9.17, 15) is 10.5 Å². The van der Waals surface area contributed by atoms with Crippen molar-refractivity contribution < 1.29 is 0 Å². The molecule has 30 aromatic rings. The van der Waals surface area contributed by atoms with Gasteiger partial charge in [-0.25, -0.2) is 29.9 Å². The Bertz CT molecular complexity index is 10300. The van der Waals surface area contributed by atoms with E-state index in [1.165, 1.54) is 113 Å². The second-order valence-electron chi connectivity index (χ2n) is 37.8. The van der Waals surface area contributed by atoms with Crippen LogP contribution in [0.15, 0.2) is 504 Å². The highest BCUT2D eigenvalue weighted by molar-refractivity contribution is 7.26. The molecular weight excluding hydrogens is 1850 g/mol. The minimum atomic E-state index is 0.593. The molecule has 0 unspecified atom stereocenters. The Morgan fingerprint density at radius 1 is 0.193 bits per heavy atom. The average molecular weight is 1930 g/mol. The second-order valence-corrected chi connectivity index (χ2v) is 38.8. The Morgan fingerprint density at radius 3 is 1.10 bits per heavy atom. The van der Waals surface area contributed by atoms with Gasteiger partial charge in [0.05, 0.1) is 99.9 Å². The third-order valence-corrected chi connectivity index (χ3v) is 30.3. The molecule has 0 radical (unpaired) electrons. The van der Waals surface area contributed by atoms with E-state index in [0.29, 0.717) is 34.5 Å². The Hall–Kier alpha value is -20.4. The molecular formula is C136H83N13S. The lowest BCUT2D eigenvalue weighted by Gasteiger charge is -2.13. The lowest BCUT2D eigenvalue weighted by molar-refractivity contribution is 1.01. The molecule has 0 spiro atoms. The maximum absolute atomic E-state index is 9.65. The Labute approximate surface area is 864 Å². The SMILES string of the molecule is N#Cc1cccc(-c2cc(-n3c4ccccc4c4cc(-c5ccc6c(c5)c5ccccc5n6-c5ccccc5)ccc43)nc3ccccc23)c1.N#Cc1cccc(-c2nc(-n3c4ccccc4c4cc(-c5ccc6c(c5)c5ccccc5n6-c5ccccc5)ccc43)nc3ccccc23)c1.c1ccc(-c2ccc3c4ccc5c6ccccc6sc5c4n(-c4cccc(-c5nc(-c6ccccc6)nc(-c6ccccc6)n5)c4)c3c2)cc1. The molecule has 0 aliphatic carbocycles. The van der Waals surface area contributed by atoms with Crippen molar-refractivity contribution in [1.29, 1.82) is 10.5 Å². The van der Waals surface area contributed by atoms with E-state index < -0.39 is 0 Å². The summed E-state index contributed by atoms with van der Waals surface area (Å²) >= 11 is 1.86. The number of pyridine rings is 1. The van der Waals surface area contributed by atoms with E-state index >= 15 is 0 Å². The van der Waals surface area contributed by atoms with E-state index in [-0.39, 0.29) is 0 Å². The highest BCUT2D eigenvalue weighted by atomic mass is 32.1. The number of hydrogen-bond donors (Lipinski definition) is 0. The minimum Gasteiger partial charge on any atom is -0.309 e. The number of aromatic nitrogens is 11. The summed E-state index contributed by atoms with van der Waals surface area (Å²) in [5.74, 6) is 3.37. The molecule has 0 N–H and O–H groups in total. The summed E-state index contributed by atoms with van der Waals surface area (Å²) in [6, 6.07) is 181. The minimum absolute atomic E-state index is 0.593. The molecule has 0 aliphatic rings. The lowest BCUT2D eigenvalue weighted by atomic mass is 9.99. The van der Waals surface area contributed by atoms with Gasteiger partial charge in [0.2, 0.25) is 5.95 Å². The summed E-state index contributed by atoms with van der Waals surface area (Å²) in [4.78, 5) is 30.5. The molecule has 13 nitrogen and oxygen atoms in total. The molecule has 0 amide bonds. The topological polar surface area (TPSA) is 150 Å². The molecule has 0 saturated heterocycles. The number of thiophene rings is 1. The van der Waals surface area contributed by atoms with Gasteiger partial charge in [-0.15, -0.1) is 11.3 Å². The van der Waals surface area contributed by atoms with E-state index in [2.05, 4.69) is 399 Å². The van der Waals surface area contributed by atoms with Gasteiger partial charge >= 0.3 is 0 Å². The molecule has 0 bridgehead atoms. The van der Waals surface area contributed by atoms with Crippen LogP contribution in [0.4, 0.5) is 0 Å². The third kappa shape index (κ3) is 15.0. The summed E-state index contributed by atoms with van der Waals surface area (Å²) in [7, 11) is 0. The fourth-order valence-corrected chi connectivity index (χ4v) is 23.5. The molecule has 9 heterocycles. The molecule has 0 atom stereocenters. The molecule has 21 aromatic carbocycles. The Morgan fingerprint density at radius 2 is 0.560 bits per heavy atom. The monoisotopic (exact) mass is 1930 g/mol. The van der Waals surface area contributed by atoms with Gasteiger partial charge in [-0.2, -0.15) is 10.5 Å². The molecule has 14 heteroatoms. The van der Waals surface area contributed by atoms with Gasteiger partial charge in [-0.05, 0) is 208 Å². The quantitative estimate of drug-likeness (QED) is 0.111. The maximum Gasteiger partial charge on any atom is 0.235 e. The normalized spacial score (nSPS) is 11.6. The Kier molecular flexibility index (Phi) is 21.2. The van der Waals surface area contributed by atoms with Crippen molar-refractivity contribution >= 4 is 162 Å². The van der Waals surface area contributed by atoms with Crippen molar-refractivity contribution in [1.82, 2.24) is 52.7 Å². The zero-order valence-corrected chi connectivity index (χ0v) is 81.5. The first-order valence-electron chi connectivity index (χ1n) is 50.1. The fourth-order valence-electron chi connectivity index (χ4n) is 22.3. The maximum atomic E-state index is 9.65. The van der Waals surface area contributed by atoms with Gasteiger partial charge in [0.25, 0.3) is 0 Å². The smallest absolute Gasteiger partial charge is 0.235 e. The molecule has 698 valence electrons. The average Bonchev–Trinajstić information content (AvgIpc) is 1.55. The summed E-state index contributed by atoms with van der Waals surface area (Å²) in [5, 5.41) is 35.8. The van der Waals surface area contributed by atoms with Crippen LogP contribution < -0.4 is 0 Å². The van der Waals surface area contributed by atoms with Crippen LogP contribution in [0.25, 0.3) is 270 Å². The van der Waals surface area contributed by atoms with Gasteiger partial charge in [-0.3, -0.25) is 9.13 Å². The molecule has 0 aliphatic heterocycles. The van der Waals surface area contributed by atoms with Crippen molar-refractivity contribution in [3.63, 3.8) is 0 Å². The predicted octanol–water partition coefficient (Wildman–Crippen LogP) is 34.7. The van der Waals surface area contributed by atoms with Crippen LogP contribution in [-0.2, 0) is 0 Å². The van der Waals surface area contributed by atoms with Gasteiger partial charge in [0.1, 0.15) is 5.82 Å². The van der Waals surface area contributed by atoms with Crippen LogP contribution in [0, 0.1) is 22.7 Å². The fraction of sp³-hybridized carbons (Fsp3) is 0. The summed E-state index contributed by atoms with van der Waals surface area (Å²) < 4.78 is 14.1. The standard InChI is InChI=1S/C46H28N4.C45H27N5.C45H28N4S/c47-29-30-11-10-12-33(25-30)38-28-46(48-41-18-7-4-15-35(38)41)50-43-20-9-6-17-37(43)40-27-32(22-24-45(40)50)31-21-23-44-39(26-31)36-16-5-8-19-42(36)49(44)34-13-2-1-3-14-34;46-28-29-11-10-12-32(25-29)44-36-17-4-7-18-39(36)47-45(48-44)50-41-20-9-6-16-35(41)38-27-31(22-24-43(38)50)30-21-23-42-37(26-30)34-15-5-8-19-40(34)49(42)33-13-2-1-3-14-33;1-4-13-29(14-5-1)32-23-24-35-37-25-26-38-36-21-10-11-22-40(36)50-42(38)41(37)49(39(35)28-32)34-20-12-19-33(27-34)45-47-43(30-15-6-2-7-16-30)46-44(48-45)31-17-8-3-9-18-31/h1-28H;1-27H;1-28H. The first-order valence-corrected chi connectivity index (χ1v) is 50.9. The van der Waals surface area contributed by atoms with E-state index in [1.807, 2.05) is 151 Å². The van der Waals surface area contributed by atoms with E-state index in [0.717, 1.165) is 133 Å². The number of fused-ring (bicyclic) bond motifs is 21. The molecule has 0 fully saturated rings. The molecule has 0 saturated carbocycles. The van der Waals surface area contributed by atoms with Gasteiger partial charge in [0.15, 0.2) is 17.5 Å². The first-order chi connectivity index (χ1) is 74.3. The van der Waals surface area contributed by atoms with Crippen molar-refractivity contribution in [2.24, 2.45) is 0 Å². The number of para-hydroxylation sites is 8. The number of hydrogen-bond acceptors (Lipinski definition) is 9. The first kappa shape index (κ1) is 87.4. The number of nitriles is 2. The zero-order chi connectivity index (χ0) is 99.4. The van der Waals surface area contributed by atoms with Crippen LogP contribution >= 0.6 is 11.3 Å². The zero-order valence-electron chi connectivity index (χ0n) is 80.6. The van der Waals surface area contributed by atoms with Gasteiger partial charge < -0.3 is 13.7 Å². The number of rotatable bonds is 13. The van der Waals surface area contributed by atoms with E-state index in [1.54, 1.807) is 0 Å². The second kappa shape index (κ2) is 36.5. The van der Waals surface area contributed by atoms with Gasteiger partial charge in [-0.1, -0.05) is 340 Å². The number of nitrogens with zero attached hydrogens (tertiary/aromatic N) is 13. The summed E-state index contributed by atoms with van der Waals surface area (Å²) in [6.45, 7) is 0. The Balaban J connectivity index is 0.000000108. The van der Waals surface area contributed by atoms with Crippen molar-refractivity contribution in [2.75, 3.05) is 0 Å². The number of benzene rings is 21. The van der Waals surface area contributed by atoms with Crippen LogP contribution in [0.3, 0.4) is 0 Å². The highest BCUT2D eigenvalue weighted by Gasteiger charge is 2.26. The van der Waals surface area contributed by atoms with Crippen LogP contribution in [0.2, 0.25) is 0 Å². The van der Waals surface area contributed by atoms with E-state index in [4.69, 9.17) is 29.9 Å². The van der Waals surface area contributed by atoms with Gasteiger partial charge in [0, 0.05) is 119 Å².